The van der Waals surface area contributed by atoms with E-state index in [0.717, 1.165) is 0 Å². The first-order chi connectivity index (χ1) is 11.0. The summed E-state index contributed by atoms with van der Waals surface area (Å²) in [6, 6.07) is 6.38. The molecule has 4 N–H and O–H groups in total. The van der Waals surface area contributed by atoms with Crippen molar-refractivity contribution in [2.24, 2.45) is 11.7 Å². The van der Waals surface area contributed by atoms with Gasteiger partial charge in [-0.05, 0) is 34.5 Å². The predicted octanol–water partition coefficient (Wildman–Crippen LogP) is 0.122. The SMILES string of the molecule is CC(C)[C@H](N)C(=O)NCC(=O)Nc1cccc(-n2cnnn2)c1.Cl. The molecule has 0 radical (unpaired) electrons. The third-order valence-corrected chi connectivity index (χ3v) is 3.19. The normalized spacial score (nSPS) is 11.5. The zero-order valence-corrected chi connectivity index (χ0v) is 14.2. The van der Waals surface area contributed by atoms with Crippen molar-refractivity contribution in [2.75, 3.05) is 11.9 Å². The summed E-state index contributed by atoms with van der Waals surface area (Å²) in [5.74, 6) is -0.688. The lowest BCUT2D eigenvalue weighted by Gasteiger charge is -2.15. The summed E-state index contributed by atoms with van der Waals surface area (Å²) < 4.78 is 1.47. The predicted molar refractivity (Wildman–Crippen MR) is 90.9 cm³/mol. The molecule has 9 nitrogen and oxygen atoms in total. The number of halogens is 1. The number of carbonyl (C=O) groups excluding carboxylic acids is 2. The maximum absolute atomic E-state index is 11.9. The Balaban J connectivity index is 0.00000288. The highest BCUT2D eigenvalue weighted by Crippen LogP contribution is 2.13. The standard InChI is InChI=1S/C14H19N7O2.ClH/c1-9(2)13(15)14(23)16-7-12(22)18-10-4-3-5-11(6-10)21-8-17-19-20-21;/h3-6,8-9,13H,7,15H2,1-2H3,(H,16,23)(H,18,22);1H/t13-;/m0./s1. The number of anilines is 1. The number of hydrogen-bond acceptors (Lipinski definition) is 6. The summed E-state index contributed by atoms with van der Waals surface area (Å²) >= 11 is 0. The molecule has 0 fully saturated rings. The second-order valence-electron chi connectivity index (χ2n) is 5.34. The first kappa shape index (κ1) is 19.5. The van der Waals surface area contributed by atoms with Crippen molar-refractivity contribution in [3.05, 3.63) is 30.6 Å². The first-order valence-corrected chi connectivity index (χ1v) is 7.14. The van der Waals surface area contributed by atoms with Crippen LogP contribution in [0.3, 0.4) is 0 Å². The molecule has 2 amide bonds. The van der Waals surface area contributed by atoms with Gasteiger partial charge in [0.05, 0.1) is 18.3 Å². The Morgan fingerprint density at radius 1 is 1.33 bits per heavy atom. The van der Waals surface area contributed by atoms with Gasteiger partial charge in [-0.1, -0.05) is 19.9 Å². The highest BCUT2D eigenvalue weighted by molar-refractivity contribution is 5.95. The van der Waals surface area contributed by atoms with E-state index in [4.69, 9.17) is 5.73 Å². The molecule has 2 rings (SSSR count). The van der Waals surface area contributed by atoms with Crippen LogP contribution in [0.25, 0.3) is 5.69 Å². The summed E-state index contributed by atoms with van der Waals surface area (Å²) in [5, 5.41) is 16.1. The van der Waals surface area contributed by atoms with E-state index < -0.39 is 6.04 Å². The van der Waals surface area contributed by atoms with Crippen LogP contribution < -0.4 is 16.4 Å². The van der Waals surface area contributed by atoms with Crippen LogP contribution in [0.4, 0.5) is 5.69 Å². The average Bonchev–Trinajstić information content (AvgIpc) is 3.06. The largest absolute Gasteiger partial charge is 0.346 e. The molecule has 0 spiro atoms. The van der Waals surface area contributed by atoms with Crippen molar-refractivity contribution >= 4 is 29.9 Å². The molecule has 24 heavy (non-hydrogen) atoms. The zero-order chi connectivity index (χ0) is 16.8. The molecule has 0 aliphatic rings. The lowest BCUT2D eigenvalue weighted by atomic mass is 10.1. The summed E-state index contributed by atoms with van der Waals surface area (Å²) in [4.78, 5) is 23.6. The molecule has 0 aliphatic heterocycles. The van der Waals surface area contributed by atoms with Crippen LogP contribution in [-0.2, 0) is 9.59 Å². The average molecular weight is 354 g/mol. The number of amides is 2. The van der Waals surface area contributed by atoms with Crippen LogP contribution in [0.2, 0.25) is 0 Å². The van der Waals surface area contributed by atoms with Crippen molar-refractivity contribution in [3.8, 4) is 5.69 Å². The number of aromatic nitrogens is 4. The molecule has 10 heteroatoms. The van der Waals surface area contributed by atoms with Crippen molar-refractivity contribution in [1.82, 2.24) is 25.5 Å². The van der Waals surface area contributed by atoms with Crippen molar-refractivity contribution < 1.29 is 9.59 Å². The van der Waals surface area contributed by atoms with Gasteiger partial charge in [-0.3, -0.25) is 9.59 Å². The van der Waals surface area contributed by atoms with E-state index in [1.165, 1.54) is 11.0 Å². The van der Waals surface area contributed by atoms with Crippen LogP contribution in [0.1, 0.15) is 13.8 Å². The maximum Gasteiger partial charge on any atom is 0.243 e. The van der Waals surface area contributed by atoms with Gasteiger partial charge in [0.2, 0.25) is 11.8 Å². The number of nitrogens with one attached hydrogen (secondary N) is 2. The van der Waals surface area contributed by atoms with E-state index in [9.17, 15) is 9.59 Å². The van der Waals surface area contributed by atoms with E-state index in [1.54, 1.807) is 24.3 Å². The highest BCUT2D eigenvalue weighted by Gasteiger charge is 2.17. The van der Waals surface area contributed by atoms with Crippen LogP contribution in [0.5, 0.6) is 0 Å². The van der Waals surface area contributed by atoms with Crippen LogP contribution in [0, 0.1) is 5.92 Å². The molecule has 0 saturated carbocycles. The molecule has 0 bridgehead atoms. The Kier molecular flexibility index (Phi) is 7.28. The summed E-state index contributed by atoms with van der Waals surface area (Å²) in [6.45, 7) is 3.54. The third kappa shape index (κ3) is 5.28. The second-order valence-corrected chi connectivity index (χ2v) is 5.34. The zero-order valence-electron chi connectivity index (χ0n) is 13.3. The van der Waals surface area contributed by atoms with Gasteiger partial charge in [0.1, 0.15) is 6.33 Å². The van der Waals surface area contributed by atoms with Crippen LogP contribution in [0.15, 0.2) is 30.6 Å². The molecular formula is C14H20ClN7O2. The first-order valence-electron chi connectivity index (χ1n) is 7.14. The maximum atomic E-state index is 11.9. The molecule has 2 aromatic rings. The fourth-order valence-electron chi connectivity index (χ4n) is 1.80. The number of nitrogens with two attached hydrogens (primary N) is 1. The van der Waals surface area contributed by atoms with E-state index >= 15 is 0 Å². The molecule has 0 aliphatic carbocycles. The molecule has 0 saturated heterocycles. The molecule has 1 aromatic heterocycles. The highest BCUT2D eigenvalue weighted by atomic mass is 35.5. The molecule has 1 aromatic carbocycles. The minimum Gasteiger partial charge on any atom is -0.346 e. The third-order valence-electron chi connectivity index (χ3n) is 3.19. The molecular weight excluding hydrogens is 334 g/mol. The Morgan fingerprint density at radius 2 is 2.08 bits per heavy atom. The van der Waals surface area contributed by atoms with Crippen LogP contribution >= 0.6 is 12.4 Å². The monoisotopic (exact) mass is 353 g/mol. The Morgan fingerprint density at radius 3 is 2.71 bits per heavy atom. The fourth-order valence-corrected chi connectivity index (χ4v) is 1.80. The Labute approximate surface area is 145 Å². The minimum absolute atomic E-state index is 0. The van der Waals surface area contributed by atoms with Gasteiger partial charge in [0.15, 0.2) is 0 Å². The Hall–Kier alpha value is -2.52. The van der Waals surface area contributed by atoms with Gasteiger partial charge < -0.3 is 16.4 Å². The number of nitrogens with zero attached hydrogens (tertiary/aromatic N) is 4. The number of tetrazole rings is 1. The van der Waals surface area contributed by atoms with Crippen LogP contribution in [-0.4, -0.2) is 44.6 Å². The van der Waals surface area contributed by atoms with E-state index in [2.05, 4.69) is 26.2 Å². The van der Waals surface area contributed by atoms with E-state index in [1.807, 2.05) is 13.8 Å². The van der Waals surface area contributed by atoms with Crippen molar-refractivity contribution in [3.63, 3.8) is 0 Å². The van der Waals surface area contributed by atoms with Crippen molar-refractivity contribution in [1.29, 1.82) is 0 Å². The summed E-state index contributed by atoms with van der Waals surface area (Å²) in [7, 11) is 0. The second kappa shape index (κ2) is 8.94. The van der Waals surface area contributed by atoms with Gasteiger partial charge in [-0.2, -0.15) is 0 Å². The molecule has 1 atom stereocenters. The molecule has 1 heterocycles. The van der Waals surface area contributed by atoms with Crippen molar-refractivity contribution in [2.45, 2.75) is 19.9 Å². The number of carbonyl (C=O) groups is 2. The van der Waals surface area contributed by atoms with E-state index in [0.29, 0.717) is 11.4 Å². The number of rotatable bonds is 6. The molecule has 130 valence electrons. The topological polar surface area (TPSA) is 128 Å². The van der Waals surface area contributed by atoms with Gasteiger partial charge >= 0.3 is 0 Å². The smallest absolute Gasteiger partial charge is 0.243 e. The minimum atomic E-state index is -0.633. The fraction of sp³-hybridized carbons (Fsp3) is 0.357. The summed E-state index contributed by atoms with van der Waals surface area (Å²) in [6.07, 6.45) is 1.45. The number of benzene rings is 1. The van der Waals surface area contributed by atoms with E-state index in [-0.39, 0.29) is 36.7 Å². The Bertz CT molecular complexity index is 676. The van der Waals surface area contributed by atoms with Gasteiger partial charge in [-0.15, -0.1) is 17.5 Å². The van der Waals surface area contributed by atoms with Gasteiger partial charge in [-0.25, -0.2) is 4.68 Å². The quantitative estimate of drug-likeness (QED) is 0.676. The van der Waals surface area contributed by atoms with Gasteiger partial charge in [0.25, 0.3) is 0 Å². The molecule has 0 unspecified atom stereocenters. The summed E-state index contributed by atoms with van der Waals surface area (Å²) in [5.41, 5.74) is 6.99. The lowest BCUT2D eigenvalue weighted by Crippen LogP contribution is -2.46. The lowest BCUT2D eigenvalue weighted by molar-refractivity contribution is -0.125. The van der Waals surface area contributed by atoms with Gasteiger partial charge in [0, 0.05) is 5.69 Å². The number of hydrogen-bond donors (Lipinski definition) is 3.